The van der Waals surface area contributed by atoms with Crippen molar-refractivity contribution in [2.75, 3.05) is 24.4 Å². The number of hydrogen-bond acceptors (Lipinski definition) is 4. The summed E-state index contributed by atoms with van der Waals surface area (Å²) in [5.41, 5.74) is 0.952. The van der Waals surface area contributed by atoms with Gasteiger partial charge in [0.2, 0.25) is 0 Å². The number of para-hydroxylation sites is 2. The number of carbonyl (C=O) groups excluding carboxylic acids is 2. The molecule has 0 fully saturated rings. The number of ether oxygens (including phenoxy) is 2. The summed E-state index contributed by atoms with van der Waals surface area (Å²) in [5, 5.41) is 5.05. The molecule has 0 spiro atoms. The summed E-state index contributed by atoms with van der Waals surface area (Å²) in [5.74, 6) is -0.354. The van der Waals surface area contributed by atoms with Crippen LogP contribution in [0.15, 0.2) is 48.5 Å². The molecular weight excluding hydrogens is 296 g/mol. The molecular formula is C17H18N2O4. The van der Waals surface area contributed by atoms with Crippen LogP contribution >= 0.6 is 0 Å². The minimum absolute atomic E-state index is 0.448. The predicted molar refractivity (Wildman–Crippen MR) is 87.9 cm³/mol. The molecule has 0 aliphatic rings. The van der Waals surface area contributed by atoms with Gasteiger partial charge in [0.25, 0.3) is 0 Å². The molecule has 2 aromatic carbocycles. The minimum atomic E-state index is -0.770. The third-order valence-corrected chi connectivity index (χ3v) is 2.99. The molecule has 2 aromatic rings. The van der Waals surface area contributed by atoms with Gasteiger partial charge in [-0.05, 0) is 43.3 Å². The molecule has 0 saturated heterocycles. The molecule has 0 bridgehead atoms. The molecule has 0 aliphatic heterocycles. The third kappa shape index (κ3) is 4.47. The van der Waals surface area contributed by atoms with Gasteiger partial charge in [-0.1, -0.05) is 12.1 Å². The summed E-state index contributed by atoms with van der Waals surface area (Å²) in [7, 11) is 1.55. The van der Waals surface area contributed by atoms with Crippen LogP contribution in [0.1, 0.15) is 6.92 Å². The summed E-state index contributed by atoms with van der Waals surface area (Å²) in [4.78, 5) is 23.9. The SMILES string of the molecule is CCOc1ccccc1NC(=O)C(=O)Nc1ccc(OC)cc1. The molecule has 6 nitrogen and oxygen atoms in total. The van der Waals surface area contributed by atoms with Crippen molar-refractivity contribution in [1.82, 2.24) is 0 Å². The summed E-state index contributed by atoms with van der Waals surface area (Å²) in [6.07, 6.45) is 0. The largest absolute Gasteiger partial charge is 0.497 e. The van der Waals surface area contributed by atoms with E-state index in [0.717, 1.165) is 0 Å². The molecule has 0 aliphatic carbocycles. The van der Waals surface area contributed by atoms with Gasteiger partial charge in [0.15, 0.2) is 0 Å². The highest BCUT2D eigenvalue weighted by molar-refractivity contribution is 6.43. The van der Waals surface area contributed by atoms with Crippen LogP contribution in [0.25, 0.3) is 0 Å². The molecule has 2 N–H and O–H groups in total. The monoisotopic (exact) mass is 314 g/mol. The van der Waals surface area contributed by atoms with Gasteiger partial charge in [-0.2, -0.15) is 0 Å². The van der Waals surface area contributed by atoms with Gasteiger partial charge >= 0.3 is 11.8 Å². The molecule has 120 valence electrons. The lowest BCUT2D eigenvalue weighted by Crippen LogP contribution is -2.29. The lowest BCUT2D eigenvalue weighted by atomic mass is 10.2. The zero-order valence-electron chi connectivity index (χ0n) is 13.0. The standard InChI is InChI=1S/C17H18N2O4/c1-3-23-15-7-5-4-6-14(15)19-17(21)16(20)18-12-8-10-13(22-2)11-9-12/h4-11H,3H2,1-2H3,(H,18,20)(H,19,21). The van der Waals surface area contributed by atoms with E-state index in [2.05, 4.69) is 10.6 Å². The number of carbonyl (C=O) groups is 2. The Morgan fingerprint density at radius 2 is 1.61 bits per heavy atom. The van der Waals surface area contributed by atoms with E-state index in [0.29, 0.717) is 29.5 Å². The van der Waals surface area contributed by atoms with Crippen molar-refractivity contribution in [3.8, 4) is 11.5 Å². The Kier molecular flexibility index (Phi) is 5.57. The molecule has 0 aromatic heterocycles. The fourth-order valence-electron chi connectivity index (χ4n) is 1.89. The third-order valence-electron chi connectivity index (χ3n) is 2.99. The van der Waals surface area contributed by atoms with Gasteiger partial charge in [-0.25, -0.2) is 0 Å². The van der Waals surface area contributed by atoms with Crippen LogP contribution < -0.4 is 20.1 Å². The van der Waals surface area contributed by atoms with Crippen LogP contribution in [-0.2, 0) is 9.59 Å². The Labute approximate surface area is 134 Å². The second kappa shape index (κ2) is 7.84. The molecule has 0 atom stereocenters. The highest BCUT2D eigenvalue weighted by Gasteiger charge is 2.16. The summed E-state index contributed by atoms with van der Waals surface area (Å²) >= 11 is 0. The Morgan fingerprint density at radius 3 is 2.26 bits per heavy atom. The molecule has 0 heterocycles. The maximum atomic E-state index is 12.0. The van der Waals surface area contributed by atoms with E-state index in [-0.39, 0.29) is 0 Å². The normalized spacial score (nSPS) is 9.83. The first-order chi connectivity index (χ1) is 11.1. The van der Waals surface area contributed by atoms with Crippen molar-refractivity contribution in [3.63, 3.8) is 0 Å². The van der Waals surface area contributed by atoms with E-state index in [9.17, 15) is 9.59 Å². The van der Waals surface area contributed by atoms with Crippen molar-refractivity contribution in [2.45, 2.75) is 6.92 Å². The van der Waals surface area contributed by atoms with E-state index in [4.69, 9.17) is 9.47 Å². The van der Waals surface area contributed by atoms with Crippen LogP contribution in [0, 0.1) is 0 Å². The van der Waals surface area contributed by atoms with Crippen molar-refractivity contribution < 1.29 is 19.1 Å². The molecule has 0 unspecified atom stereocenters. The first-order valence-electron chi connectivity index (χ1n) is 7.12. The van der Waals surface area contributed by atoms with Crippen LogP contribution in [0.2, 0.25) is 0 Å². The first-order valence-corrected chi connectivity index (χ1v) is 7.12. The molecule has 2 rings (SSSR count). The zero-order chi connectivity index (χ0) is 16.7. The molecule has 6 heteroatoms. The van der Waals surface area contributed by atoms with Crippen molar-refractivity contribution in [3.05, 3.63) is 48.5 Å². The lowest BCUT2D eigenvalue weighted by molar-refractivity contribution is -0.133. The van der Waals surface area contributed by atoms with Gasteiger partial charge < -0.3 is 20.1 Å². The zero-order valence-corrected chi connectivity index (χ0v) is 13.0. The van der Waals surface area contributed by atoms with Crippen molar-refractivity contribution in [1.29, 1.82) is 0 Å². The number of nitrogens with one attached hydrogen (secondary N) is 2. The highest BCUT2D eigenvalue weighted by atomic mass is 16.5. The van der Waals surface area contributed by atoms with Crippen LogP contribution in [0.4, 0.5) is 11.4 Å². The number of benzene rings is 2. The quantitative estimate of drug-likeness (QED) is 0.832. The average Bonchev–Trinajstić information content (AvgIpc) is 2.57. The molecule has 23 heavy (non-hydrogen) atoms. The van der Waals surface area contributed by atoms with Gasteiger partial charge in [0, 0.05) is 5.69 Å². The van der Waals surface area contributed by atoms with Crippen LogP contribution in [-0.4, -0.2) is 25.5 Å². The fraction of sp³-hybridized carbons (Fsp3) is 0.176. The Morgan fingerprint density at radius 1 is 0.957 bits per heavy atom. The molecule has 0 radical (unpaired) electrons. The molecule has 0 saturated carbocycles. The Hall–Kier alpha value is -3.02. The average molecular weight is 314 g/mol. The maximum absolute atomic E-state index is 12.0. The van der Waals surface area contributed by atoms with Crippen LogP contribution in [0.3, 0.4) is 0 Å². The van der Waals surface area contributed by atoms with E-state index < -0.39 is 11.8 Å². The van der Waals surface area contributed by atoms with E-state index in [1.165, 1.54) is 0 Å². The lowest BCUT2D eigenvalue weighted by Gasteiger charge is -2.11. The summed E-state index contributed by atoms with van der Waals surface area (Å²) < 4.78 is 10.4. The second-order valence-corrected chi connectivity index (χ2v) is 4.57. The number of methoxy groups -OCH3 is 1. The summed E-state index contributed by atoms with van der Waals surface area (Å²) in [6, 6.07) is 13.6. The van der Waals surface area contributed by atoms with Gasteiger partial charge in [-0.3, -0.25) is 9.59 Å². The van der Waals surface area contributed by atoms with Crippen molar-refractivity contribution in [2.24, 2.45) is 0 Å². The number of rotatable bonds is 5. The highest BCUT2D eigenvalue weighted by Crippen LogP contribution is 2.23. The molecule has 2 amide bonds. The number of hydrogen-bond donors (Lipinski definition) is 2. The van der Waals surface area contributed by atoms with E-state index in [1.807, 2.05) is 6.92 Å². The van der Waals surface area contributed by atoms with E-state index in [1.54, 1.807) is 55.6 Å². The van der Waals surface area contributed by atoms with E-state index >= 15 is 0 Å². The maximum Gasteiger partial charge on any atom is 0.314 e. The van der Waals surface area contributed by atoms with Gasteiger partial charge in [-0.15, -0.1) is 0 Å². The topological polar surface area (TPSA) is 76.7 Å². The Bertz CT molecular complexity index is 683. The summed E-state index contributed by atoms with van der Waals surface area (Å²) in [6.45, 7) is 2.31. The number of anilines is 2. The number of amides is 2. The van der Waals surface area contributed by atoms with Gasteiger partial charge in [0.05, 0.1) is 19.4 Å². The first kappa shape index (κ1) is 16.4. The predicted octanol–water partition coefficient (Wildman–Crippen LogP) is 2.67. The van der Waals surface area contributed by atoms with Crippen LogP contribution in [0.5, 0.6) is 11.5 Å². The minimum Gasteiger partial charge on any atom is -0.497 e. The smallest absolute Gasteiger partial charge is 0.314 e. The van der Waals surface area contributed by atoms with Crippen molar-refractivity contribution >= 4 is 23.2 Å². The van der Waals surface area contributed by atoms with Gasteiger partial charge in [0.1, 0.15) is 11.5 Å². The second-order valence-electron chi connectivity index (χ2n) is 4.57. The Balaban J connectivity index is 2.01. The fourth-order valence-corrected chi connectivity index (χ4v) is 1.89.